The van der Waals surface area contributed by atoms with Crippen molar-refractivity contribution in [1.82, 2.24) is 0 Å². The van der Waals surface area contributed by atoms with Gasteiger partial charge in [0.2, 0.25) is 0 Å². The van der Waals surface area contributed by atoms with Crippen LogP contribution in [0.2, 0.25) is 0 Å². The molecule has 0 amide bonds. The van der Waals surface area contributed by atoms with Gasteiger partial charge in [0.15, 0.2) is 0 Å². The summed E-state index contributed by atoms with van der Waals surface area (Å²) in [6.07, 6.45) is 4.77. The maximum atomic E-state index is 9.62. The molecule has 1 aliphatic heterocycles. The molecule has 0 aromatic heterocycles. The van der Waals surface area contributed by atoms with Gasteiger partial charge in [0.1, 0.15) is 0 Å². The fraction of sp³-hybridized carbons (Fsp3) is 1.00. The largest absolute Gasteiger partial charge is 0.390 e. The van der Waals surface area contributed by atoms with Crippen molar-refractivity contribution in [2.75, 3.05) is 13.1 Å². The number of aliphatic hydroxyl groups is 1. The van der Waals surface area contributed by atoms with Crippen molar-refractivity contribution in [1.29, 1.82) is 0 Å². The summed E-state index contributed by atoms with van der Waals surface area (Å²) in [5.41, 5.74) is 0.201. The van der Waals surface area contributed by atoms with Gasteiger partial charge >= 0.3 is 0 Å². The Kier molecular flexibility index (Phi) is 1.52. The van der Waals surface area contributed by atoms with Crippen molar-refractivity contribution < 1.29 is 10.4 Å². The highest BCUT2D eigenvalue weighted by Gasteiger charge is 2.52. The van der Waals surface area contributed by atoms with Gasteiger partial charge in [0.25, 0.3) is 0 Å². The van der Waals surface area contributed by atoms with E-state index in [4.69, 9.17) is 0 Å². The molecule has 0 aromatic rings. The number of piperidine rings is 1. The smallest absolute Gasteiger partial charge is 0.0814 e. The Hall–Kier alpha value is -0.0800. The molecule has 0 bridgehead atoms. The van der Waals surface area contributed by atoms with Gasteiger partial charge in [-0.3, -0.25) is 0 Å². The lowest BCUT2D eigenvalue weighted by Crippen LogP contribution is -2.90. The van der Waals surface area contributed by atoms with E-state index in [2.05, 4.69) is 5.32 Å². The Bertz CT molecular complexity index is 149. The number of hydrogen-bond donors (Lipinski definition) is 2. The molecule has 1 heterocycles. The van der Waals surface area contributed by atoms with Crippen molar-refractivity contribution in [2.24, 2.45) is 5.41 Å². The molecule has 2 heteroatoms. The molecule has 0 aromatic carbocycles. The van der Waals surface area contributed by atoms with Crippen LogP contribution in [0.4, 0.5) is 0 Å². The first kappa shape index (κ1) is 7.56. The van der Waals surface area contributed by atoms with Gasteiger partial charge in [-0.1, -0.05) is 0 Å². The van der Waals surface area contributed by atoms with Crippen molar-refractivity contribution in [3.05, 3.63) is 0 Å². The number of hydrogen-bond acceptors (Lipinski definition) is 1. The van der Waals surface area contributed by atoms with Crippen molar-refractivity contribution in [3.63, 3.8) is 0 Å². The first-order valence-corrected chi connectivity index (χ1v) is 4.66. The fourth-order valence-corrected chi connectivity index (χ4v) is 3.02. The van der Waals surface area contributed by atoms with E-state index in [9.17, 15) is 5.11 Å². The third kappa shape index (κ3) is 1.30. The summed E-state index contributed by atoms with van der Waals surface area (Å²) in [5, 5.41) is 12.0. The highest BCUT2D eigenvalue weighted by Crippen LogP contribution is 2.50. The molecule has 11 heavy (non-hydrogen) atoms. The molecule has 64 valence electrons. The molecule has 2 aliphatic rings. The Morgan fingerprint density at radius 2 is 2.09 bits per heavy atom. The van der Waals surface area contributed by atoms with Crippen LogP contribution >= 0.6 is 0 Å². The lowest BCUT2D eigenvalue weighted by atomic mass is 9.57. The second-order valence-corrected chi connectivity index (χ2v) is 4.74. The molecular formula is C9H18NO+. The van der Waals surface area contributed by atoms with E-state index < -0.39 is 0 Å². The zero-order chi connectivity index (χ0) is 7.95. The summed E-state index contributed by atoms with van der Waals surface area (Å²) in [5.74, 6) is 0. The van der Waals surface area contributed by atoms with Gasteiger partial charge < -0.3 is 10.4 Å². The van der Waals surface area contributed by atoms with Crippen LogP contribution in [0, 0.1) is 5.41 Å². The van der Waals surface area contributed by atoms with E-state index in [1.807, 2.05) is 6.92 Å². The van der Waals surface area contributed by atoms with Gasteiger partial charge in [-0.15, -0.1) is 0 Å². The maximum Gasteiger partial charge on any atom is 0.0814 e. The monoisotopic (exact) mass is 156 g/mol. The first-order chi connectivity index (χ1) is 5.12. The normalized spacial score (nSPS) is 50.7. The Labute approximate surface area is 68.0 Å². The summed E-state index contributed by atoms with van der Waals surface area (Å²) in [6, 6.07) is 0. The van der Waals surface area contributed by atoms with E-state index in [0.717, 1.165) is 12.8 Å². The average molecular weight is 156 g/mol. The van der Waals surface area contributed by atoms with Crippen molar-refractivity contribution in [2.45, 2.75) is 38.2 Å². The second kappa shape index (κ2) is 2.20. The van der Waals surface area contributed by atoms with E-state index in [0.29, 0.717) is 5.41 Å². The van der Waals surface area contributed by atoms with E-state index in [1.54, 1.807) is 0 Å². The van der Waals surface area contributed by atoms with Crippen LogP contribution in [-0.2, 0) is 0 Å². The van der Waals surface area contributed by atoms with Crippen LogP contribution < -0.4 is 5.32 Å². The van der Waals surface area contributed by atoms with Crippen LogP contribution in [-0.4, -0.2) is 23.8 Å². The highest BCUT2D eigenvalue weighted by atomic mass is 16.3. The Morgan fingerprint density at radius 1 is 1.36 bits per heavy atom. The van der Waals surface area contributed by atoms with Crippen LogP contribution in [0.5, 0.6) is 0 Å². The molecule has 2 fully saturated rings. The topological polar surface area (TPSA) is 36.8 Å². The number of nitrogens with two attached hydrogens (primary N) is 1. The third-order valence-corrected chi connectivity index (χ3v) is 3.20. The van der Waals surface area contributed by atoms with Gasteiger partial charge in [-0.2, -0.15) is 0 Å². The van der Waals surface area contributed by atoms with Crippen molar-refractivity contribution >= 4 is 0 Å². The molecule has 1 saturated heterocycles. The molecule has 3 N–H and O–H groups in total. The molecule has 0 radical (unpaired) electrons. The average Bonchev–Trinajstić information content (AvgIpc) is 1.85. The Balaban J connectivity index is 1.94. The summed E-state index contributed by atoms with van der Waals surface area (Å²) in [6.45, 7) is 4.51. The molecule has 1 spiro atoms. The lowest BCUT2D eigenvalue weighted by molar-refractivity contribution is -0.681. The fourth-order valence-electron chi connectivity index (χ4n) is 3.02. The number of rotatable bonds is 0. The van der Waals surface area contributed by atoms with Gasteiger partial charge in [-0.25, -0.2) is 0 Å². The minimum absolute atomic E-state index is 0.328. The zero-order valence-corrected chi connectivity index (χ0v) is 7.27. The SMILES string of the molecule is CC1(O)CC2(CCC[NH2+]C2)C1. The molecule has 2 nitrogen and oxygen atoms in total. The molecule has 1 saturated carbocycles. The molecule has 1 aliphatic carbocycles. The van der Waals surface area contributed by atoms with E-state index >= 15 is 0 Å². The molecule has 0 unspecified atom stereocenters. The van der Waals surface area contributed by atoms with Gasteiger partial charge in [-0.05, 0) is 32.6 Å². The number of quaternary nitrogens is 1. The van der Waals surface area contributed by atoms with Gasteiger partial charge in [0, 0.05) is 5.41 Å². The summed E-state index contributed by atoms with van der Waals surface area (Å²) < 4.78 is 0. The summed E-state index contributed by atoms with van der Waals surface area (Å²) in [7, 11) is 0. The minimum Gasteiger partial charge on any atom is -0.390 e. The Morgan fingerprint density at radius 3 is 2.55 bits per heavy atom. The maximum absolute atomic E-state index is 9.62. The first-order valence-electron chi connectivity index (χ1n) is 4.66. The van der Waals surface area contributed by atoms with Crippen LogP contribution in [0.1, 0.15) is 32.6 Å². The van der Waals surface area contributed by atoms with Crippen LogP contribution in [0.15, 0.2) is 0 Å². The van der Waals surface area contributed by atoms with Crippen LogP contribution in [0.3, 0.4) is 0 Å². The molecular weight excluding hydrogens is 138 g/mol. The van der Waals surface area contributed by atoms with Crippen molar-refractivity contribution in [3.8, 4) is 0 Å². The summed E-state index contributed by atoms with van der Waals surface area (Å²) in [4.78, 5) is 0. The highest BCUT2D eigenvalue weighted by molar-refractivity contribution is 5.01. The predicted molar refractivity (Wildman–Crippen MR) is 43.2 cm³/mol. The molecule has 2 rings (SSSR count). The lowest BCUT2D eigenvalue weighted by Gasteiger charge is -2.52. The zero-order valence-electron chi connectivity index (χ0n) is 7.27. The third-order valence-electron chi connectivity index (χ3n) is 3.20. The van der Waals surface area contributed by atoms with E-state index in [1.165, 1.54) is 25.9 Å². The quantitative estimate of drug-likeness (QED) is 0.504. The summed E-state index contributed by atoms with van der Waals surface area (Å²) >= 11 is 0. The minimum atomic E-state index is -0.328. The van der Waals surface area contributed by atoms with Crippen LogP contribution in [0.25, 0.3) is 0 Å². The second-order valence-electron chi connectivity index (χ2n) is 4.74. The predicted octanol–water partition coefficient (Wildman–Crippen LogP) is -0.125. The standard InChI is InChI=1S/C9H17NO/c1-8(11)5-9(6-8)3-2-4-10-7-9/h10-11H,2-7H2,1H3/p+1. The van der Waals surface area contributed by atoms with Gasteiger partial charge in [0.05, 0.1) is 18.7 Å². The van der Waals surface area contributed by atoms with E-state index in [-0.39, 0.29) is 5.60 Å². The molecule has 0 atom stereocenters.